The number of halogens is 3. The smallest absolute Gasteiger partial charge is 0.416 e. The second-order valence-electron chi connectivity index (χ2n) is 6.92. The third-order valence-electron chi connectivity index (χ3n) is 5.17. The van der Waals surface area contributed by atoms with Gasteiger partial charge in [-0.2, -0.15) is 13.2 Å². The number of rotatable bonds is 5. The third-order valence-corrected chi connectivity index (χ3v) is 5.17. The van der Waals surface area contributed by atoms with Gasteiger partial charge in [0.15, 0.2) is 6.61 Å². The predicted octanol–water partition coefficient (Wildman–Crippen LogP) is 4.01. The highest BCUT2D eigenvalue weighted by molar-refractivity contribution is 5.92. The molecule has 4 nitrogen and oxygen atoms in total. The molecule has 0 aliphatic heterocycles. The van der Waals surface area contributed by atoms with Crippen LogP contribution in [-0.2, 0) is 20.5 Å². The molecule has 1 amide bonds. The summed E-state index contributed by atoms with van der Waals surface area (Å²) in [5.74, 6) is 0.759. The number of esters is 1. The predicted molar refractivity (Wildman–Crippen MR) is 84.6 cm³/mol. The van der Waals surface area contributed by atoms with Gasteiger partial charge in [0.05, 0.1) is 5.56 Å². The first-order chi connectivity index (χ1) is 11.8. The molecule has 7 heteroatoms. The van der Waals surface area contributed by atoms with Crippen molar-refractivity contribution >= 4 is 17.6 Å². The van der Waals surface area contributed by atoms with E-state index < -0.39 is 24.3 Å². The summed E-state index contributed by atoms with van der Waals surface area (Å²) >= 11 is 0. The number of carbonyl (C=O) groups is 2. The third kappa shape index (κ3) is 4.52. The molecule has 0 aromatic heterocycles. The molecule has 3 rings (SSSR count). The van der Waals surface area contributed by atoms with Crippen molar-refractivity contribution < 1.29 is 27.5 Å². The Balaban J connectivity index is 1.41. The first kappa shape index (κ1) is 17.8. The minimum Gasteiger partial charge on any atom is -0.456 e. The van der Waals surface area contributed by atoms with Crippen molar-refractivity contribution in [1.82, 2.24) is 0 Å². The molecule has 2 saturated carbocycles. The maximum absolute atomic E-state index is 12.5. The number of hydrogen-bond donors (Lipinski definition) is 1. The number of benzene rings is 1. The lowest BCUT2D eigenvalue weighted by atomic mass is 9.86. The number of fused-ring (bicyclic) bond motifs is 2. The van der Waals surface area contributed by atoms with Crippen molar-refractivity contribution in [2.45, 2.75) is 38.3 Å². The summed E-state index contributed by atoms with van der Waals surface area (Å²) < 4.78 is 42.4. The van der Waals surface area contributed by atoms with E-state index in [1.165, 1.54) is 19.3 Å². The van der Waals surface area contributed by atoms with Crippen molar-refractivity contribution in [3.63, 3.8) is 0 Å². The van der Waals surface area contributed by atoms with Crippen LogP contribution in [-0.4, -0.2) is 18.5 Å². The molecule has 3 atom stereocenters. The summed E-state index contributed by atoms with van der Waals surface area (Å²) in [7, 11) is 0. The minimum absolute atomic E-state index is 0.224. The highest BCUT2D eigenvalue weighted by atomic mass is 19.4. The molecular formula is C18H20F3NO3. The van der Waals surface area contributed by atoms with Crippen LogP contribution in [0.3, 0.4) is 0 Å². The fourth-order valence-corrected chi connectivity index (χ4v) is 3.99. The van der Waals surface area contributed by atoms with Crippen LogP contribution in [0.1, 0.15) is 37.7 Å². The van der Waals surface area contributed by atoms with Gasteiger partial charge in [0.25, 0.3) is 5.91 Å². The van der Waals surface area contributed by atoms with Crippen LogP contribution in [0.25, 0.3) is 0 Å². The normalized spacial score (nSPS) is 25.0. The van der Waals surface area contributed by atoms with Gasteiger partial charge in [-0.15, -0.1) is 0 Å². The van der Waals surface area contributed by atoms with Crippen LogP contribution in [0.2, 0.25) is 0 Å². The Labute approximate surface area is 143 Å². The van der Waals surface area contributed by atoms with Crippen LogP contribution in [0, 0.1) is 17.8 Å². The molecule has 2 aliphatic rings. The second-order valence-corrected chi connectivity index (χ2v) is 6.92. The van der Waals surface area contributed by atoms with E-state index >= 15 is 0 Å². The van der Waals surface area contributed by atoms with Crippen LogP contribution >= 0.6 is 0 Å². The summed E-state index contributed by atoms with van der Waals surface area (Å²) in [4.78, 5) is 23.6. The molecular weight excluding hydrogens is 335 g/mol. The van der Waals surface area contributed by atoms with Gasteiger partial charge < -0.3 is 10.1 Å². The van der Waals surface area contributed by atoms with Gasteiger partial charge in [0.1, 0.15) is 0 Å². The van der Waals surface area contributed by atoms with Crippen LogP contribution < -0.4 is 5.32 Å². The van der Waals surface area contributed by atoms with Crippen molar-refractivity contribution in [2.75, 3.05) is 11.9 Å². The van der Waals surface area contributed by atoms with E-state index in [9.17, 15) is 22.8 Å². The molecule has 0 unspecified atom stereocenters. The van der Waals surface area contributed by atoms with E-state index in [0.717, 1.165) is 36.6 Å². The lowest BCUT2D eigenvalue weighted by Gasteiger charge is -2.20. The largest absolute Gasteiger partial charge is 0.456 e. The SMILES string of the molecule is O=C(COC(=O)C[C@H]1C[C@H]2CC[C@H]1C2)Nc1ccc(C(F)(F)F)cc1. The van der Waals surface area contributed by atoms with Crippen molar-refractivity contribution in [3.05, 3.63) is 29.8 Å². The van der Waals surface area contributed by atoms with Crippen molar-refractivity contribution in [1.29, 1.82) is 0 Å². The van der Waals surface area contributed by atoms with E-state index in [1.807, 2.05) is 0 Å². The average Bonchev–Trinajstić information content (AvgIpc) is 3.15. The lowest BCUT2D eigenvalue weighted by molar-refractivity contribution is -0.148. The Hall–Kier alpha value is -2.05. The number of carbonyl (C=O) groups excluding carboxylic acids is 2. The molecule has 1 N–H and O–H groups in total. The van der Waals surface area contributed by atoms with E-state index in [0.29, 0.717) is 18.3 Å². The number of hydrogen-bond acceptors (Lipinski definition) is 3. The molecule has 1 aromatic carbocycles. The van der Waals surface area contributed by atoms with Crippen LogP contribution in [0.4, 0.5) is 18.9 Å². The Morgan fingerprint density at radius 1 is 1.12 bits per heavy atom. The first-order valence-electron chi connectivity index (χ1n) is 8.44. The minimum atomic E-state index is -4.42. The summed E-state index contributed by atoms with van der Waals surface area (Å²) in [5, 5.41) is 2.41. The molecule has 2 aliphatic carbocycles. The number of nitrogens with one attached hydrogen (secondary N) is 1. The van der Waals surface area contributed by atoms with Gasteiger partial charge >= 0.3 is 12.1 Å². The standard InChI is InChI=1S/C18H20F3NO3/c19-18(20,21)14-3-5-15(6-4-14)22-16(23)10-25-17(24)9-13-8-11-1-2-12(13)7-11/h3-6,11-13H,1-2,7-10H2,(H,22,23)/t11-,12-,13+/m0/s1. The molecule has 136 valence electrons. The Bertz CT molecular complexity index is 642. The Kier molecular flexibility index (Phi) is 5.01. The molecule has 0 heterocycles. The molecule has 25 heavy (non-hydrogen) atoms. The fourth-order valence-electron chi connectivity index (χ4n) is 3.99. The molecule has 0 radical (unpaired) electrons. The molecule has 0 saturated heterocycles. The zero-order chi connectivity index (χ0) is 18.0. The molecule has 0 spiro atoms. The van der Waals surface area contributed by atoms with Crippen LogP contribution in [0.15, 0.2) is 24.3 Å². The van der Waals surface area contributed by atoms with Gasteiger partial charge in [-0.1, -0.05) is 6.42 Å². The Morgan fingerprint density at radius 2 is 1.84 bits per heavy atom. The maximum Gasteiger partial charge on any atom is 0.416 e. The van der Waals surface area contributed by atoms with Crippen molar-refractivity contribution in [2.24, 2.45) is 17.8 Å². The lowest BCUT2D eigenvalue weighted by Crippen LogP contribution is -2.23. The fraction of sp³-hybridized carbons (Fsp3) is 0.556. The molecule has 2 fully saturated rings. The van der Waals surface area contributed by atoms with Crippen LogP contribution in [0.5, 0.6) is 0 Å². The van der Waals surface area contributed by atoms with E-state index in [1.54, 1.807) is 0 Å². The van der Waals surface area contributed by atoms with E-state index in [-0.39, 0.29) is 11.7 Å². The highest BCUT2D eigenvalue weighted by Crippen LogP contribution is 2.49. The number of alkyl halides is 3. The number of ether oxygens (including phenoxy) is 1. The highest BCUT2D eigenvalue weighted by Gasteiger charge is 2.40. The monoisotopic (exact) mass is 355 g/mol. The quantitative estimate of drug-likeness (QED) is 0.812. The molecule has 2 bridgehead atoms. The molecule has 1 aromatic rings. The van der Waals surface area contributed by atoms with Gasteiger partial charge in [-0.05, 0) is 61.3 Å². The van der Waals surface area contributed by atoms with E-state index in [4.69, 9.17) is 4.74 Å². The summed E-state index contributed by atoms with van der Waals surface area (Å²) in [5.41, 5.74) is -0.565. The Morgan fingerprint density at radius 3 is 2.40 bits per heavy atom. The summed E-state index contributed by atoms with van der Waals surface area (Å²) in [6.07, 6.45) is 0.624. The van der Waals surface area contributed by atoms with Gasteiger partial charge in [-0.3, -0.25) is 9.59 Å². The number of anilines is 1. The summed E-state index contributed by atoms with van der Waals surface area (Å²) in [6, 6.07) is 4.10. The summed E-state index contributed by atoms with van der Waals surface area (Å²) in [6.45, 7) is -0.430. The zero-order valence-corrected chi connectivity index (χ0v) is 13.6. The second kappa shape index (κ2) is 7.06. The average molecular weight is 355 g/mol. The van der Waals surface area contributed by atoms with Gasteiger partial charge in [0.2, 0.25) is 0 Å². The maximum atomic E-state index is 12.5. The van der Waals surface area contributed by atoms with E-state index in [2.05, 4.69) is 5.32 Å². The first-order valence-corrected chi connectivity index (χ1v) is 8.44. The zero-order valence-electron chi connectivity index (χ0n) is 13.6. The van der Waals surface area contributed by atoms with Gasteiger partial charge in [0, 0.05) is 12.1 Å². The van der Waals surface area contributed by atoms with Gasteiger partial charge in [-0.25, -0.2) is 0 Å². The topological polar surface area (TPSA) is 55.4 Å². The van der Waals surface area contributed by atoms with Crippen molar-refractivity contribution in [3.8, 4) is 0 Å². The number of amides is 1.